The first-order chi connectivity index (χ1) is 10.4. The van der Waals surface area contributed by atoms with Crippen LogP contribution in [-0.2, 0) is 17.7 Å². The van der Waals surface area contributed by atoms with E-state index in [1.54, 1.807) is 17.3 Å². The van der Waals surface area contributed by atoms with Crippen LogP contribution in [0, 0.1) is 0 Å². The van der Waals surface area contributed by atoms with Crippen LogP contribution in [-0.4, -0.2) is 38.3 Å². The monoisotopic (exact) mass is 300 g/mol. The van der Waals surface area contributed by atoms with Crippen molar-refractivity contribution >= 4 is 6.09 Å². The molecule has 3 heterocycles. The number of aromatic amines is 1. The number of H-pyrrole nitrogens is 1. The largest absolute Gasteiger partial charge is 0.444 e. The fourth-order valence-corrected chi connectivity index (χ4v) is 2.53. The van der Waals surface area contributed by atoms with Gasteiger partial charge in [-0.15, -0.1) is 0 Å². The van der Waals surface area contributed by atoms with E-state index in [2.05, 4.69) is 15.2 Å². The maximum atomic E-state index is 12.3. The van der Waals surface area contributed by atoms with Crippen molar-refractivity contribution in [2.24, 2.45) is 0 Å². The molecular weight excluding hydrogens is 280 g/mol. The van der Waals surface area contributed by atoms with Gasteiger partial charge < -0.3 is 9.64 Å². The molecule has 1 aliphatic rings. The Morgan fingerprint density at radius 3 is 2.73 bits per heavy atom. The smallest absolute Gasteiger partial charge is 0.410 e. The molecule has 6 nitrogen and oxygen atoms in total. The van der Waals surface area contributed by atoms with Gasteiger partial charge in [0.1, 0.15) is 5.60 Å². The zero-order chi connectivity index (χ0) is 15.7. The van der Waals surface area contributed by atoms with Gasteiger partial charge in [-0.2, -0.15) is 5.10 Å². The highest BCUT2D eigenvalue weighted by Gasteiger charge is 2.28. The number of carbonyl (C=O) groups is 1. The second-order valence-corrected chi connectivity index (χ2v) is 6.42. The zero-order valence-electron chi connectivity index (χ0n) is 13.1. The van der Waals surface area contributed by atoms with E-state index in [9.17, 15) is 4.79 Å². The van der Waals surface area contributed by atoms with E-state index < -0.39 is 5.60 Å². The maximum absolute atomic E-state index is 12.3. The molecule has 6 heteroatoms. The Morgan fingerprint density at radius 1 is 1.32 bits per heavy atom. The lowest BCUT2D eigenvalue weighted by molar-refractivity contribution is 0.0224. The molecule has 116 valence electrons. The van der Waals surface area contributed by atoms with Crippen molar-refractivity contribution in [2.75, 3.05) is 6.54 Å². The molecule has 0 saturated carbocycles. The Labute approximate surface area is 129 Å². The summed E-state index contributed by atoms with van der Waals surface area (Å²) in [6.07, 6.45) is 3.96. The van der Waals surface area contributed by atoms with Gasteiger partial charge in [0.2, 0.25) is 0 Å². The third-order valence-corrected chi connectivity index (χ3v) is 3.54. The van der Waals surface area contributed by atoms with Crippen LogP contribution in [0.2, 0.25) is 0 Å². The van der Waals surface area contributed by atoms with E-state index in [1.807, 2.05) is 32.9 Å². The van der Waals surface area contributed by atoms with Crippen molar-refractivity contribution in [1.29, 1.82) is 0 Å². The maximum Gasteiger partial charge on any atom is 0.410 e. The normalized spacial score (nSPS) is 14.6. The minimum atomic E-state index is -0.484. The molecule has 0 unspecified atom stereocenters. The average Bonchev–Trinajstić information content (AvgIpc) is 2.89. The van der Waals surface area contributed by atoms with Crippen LogP contribution in [0.15, 0.2) is 24.5 Å². The Morgan fingerprint density at radius 2 is 2.05 bits per heavy atom. The van der Waals surface area contributed by atoms with Crippen molar-refractivity contribution in [3.8, 4) is 11.3 Å². The first-order valence-corrected chi connectivity index (χ1v) is 7.38. The summed E-state index contributed by atoms with van der Waals surface area (Å²) in [4.78, 5) is 18.0. The molecule has 1 amide bonds. The number of rotatable bonds is 1. The lowest BCUT2D eigenvalue weighted by Crippen LogP contribution is -2.39. The molecule has 3 rings (SSSR count). The van der Waals surface area contributed by atoms with Gasteiger partial charge in [-0.3, -0.25) is 10.1 Å². The minimum absolute atomic E-state index is 0.278. The number of amides is 1. The van der Waals surface area contributed by atoms with Crippen LogP contribution in [0.5, 0.6) is 0 Å². The number of carbonyl (C=O) groups excluding carboxylic acids is 1. The Hall–Kier alpha value is -2.37. The van der Waals surface area contributed by atoms with Gasteiger partial charge in [0, 0.05) is 42.2 Å². The summed E-state index contributed by atoms with van der Waals surface area (Å²) in [5.41, 5.74) is 3.54. The van der Waals surface area contributed by atoms with Crippen molar-refractivity contribution in [3.05, 3.63) is 35.8 Å². The first kappa shape index (κ1) is 14.6. The molecule has 22 heavy (non-hydrogen) atoms. The van der Waals surface area contributed by atoms with E-state index in [0.717, 1.165) is 28.9 Å². The Bertz CT molecular complexity index is 673. The second-order valence-electron chi connectivity index (χ2n) is 6.42. The molecule has 0 saturated heterocycles. The van der Waals surface area contributed by atoms with Gasteiger partial charge in [-0.05, 0) is 32.9 Å². The van der Waals surface area contributed by atoms with Crippen LogP contribution >= 0.6 is 0 Å². The van der Waals surface area contributed by atoms with E-state index in [4.69, 9.17) is 4.74 Å². The van der Waals surface area contributed by atoms with E-state index in [0.29, 0.717) is 13.1 Å². The van der Waals surface area contributed by atoms with Gasteiger partial charge in [0.15, 0.2) is 0 Å². The number of hydrogen-bond acceptors (Lipinski definition) is 4. The van der Waals surface area contributed by atoms with E-state index in [1.165, 1.54) is 0 Å². The van der Waals surface area contributed by atoms with Crippen molar-refractivity contribution in [2.45, 2.75) is 39.3 Å². The number of ether oxygens (including phenoxy) is 1. The second kappa shape index (κ2) is 5.44. The topological polar surface area (TPSA) is 71.1 Å². The van der Waals surface area contributed by atoms with Crippen molar-refractivity contribution in [3.63, 3.8) is 0 Å². The molecular formula is C16H20N4O2. The van der Waals surface area contributed by atoms with Gasteiger partial charge in [-0.25, -0.2) is 4.79 Å². The highest BCUT2D eigenvalue weighted by molar-refractivity contribution is 5.70. The predicted octanol–water partition coefficient (Wildman–Crippen LogP) is 2.76. The summed E-state index contributed by atoms with van der Waals surface area (Å²) in [5, 5.41) is 7.49. The summed E-state index contributed by atoms with van der Waals surface area (Å²) in [6, 6.07) is 3.84. The lowest BCUT2D eigenvalue weighted by atomic mass is 10.0. The van der Waals surface area contributed by atoms with Gasteiger partial charge in [-0.1, -0.05) is 0 Å². The minimum Gasteiger partial charge on any atom is -0.444 e. The zero-order valence-corrected chi connectivity index (χ0v) is 13.1. The highest BCUT2D eigenvalue weighted by atomic mass is 16.6. The Kier molecular flexibility index (Phi) is 3.60. The standard InChI is InChI=1S/C16H20N4O2/c1-16(2,3)22-15(21)20-9-6-13-12(10-20)14(19-18-13)11-4-7-17-8-5-11/h4-5,7-8H,6,9-10H2,1-3H3,(H,18,19). The van der Waals surface area contributed by atoms with Gasteiger partial charge in [0.05, 0.1) is 12.2 Å². The Balaban J connectivity index is 1.83. The molecule has 0 aromatic carbocycles. The predicted molar refractivity (Wildman–Crippen MR) is 82.2 cm³/mol. The highest BCUT2D eigenvalue weighted by Crippen LogP contribution is 2.28. The van der Waals surface area contributed by atoms with Gasteiger partial charge in [0.25, 0.3) is 0 Å². The molecule has 0 atom stereocenters. The number of pyridine rings is 1. The van der Waals surface area contributed by atoms with E-state index in [-0.39, 0.29) is 6.09 Å². The van der Waals surface area contributed by atoms with Crippen LogP contribution in [0.3, 0.4) is 0 Å². The lowest BCUT2D eigenvalue weighted by Gasteiger charge is -2.30. The van der Waals surface area contributed by atoms with Crippen LogP contribution < -0.4 is 0 Å². The van der Waals surface area contributed by atoms with Gasteiger partial charge >= 0.3 is 6.09 Å². The number of nitrogens with zero attached hydrogens (tertiary/aromatic N) is 3. The summed E-state index contributed by atoms with van der Waals surface area (Å²) in [6.45, 7) is 6.78. The van der Waals surface area contributed by atoms with Crippen LogP contribution in [0.4, 0.5) is 4.79 Å². The SMILES string of the molecule is CC(C)(C)OC(=O)N1CCc2[nH]nc(-c3ccncc3)c2C1. The molecule has 0 radical (unpaired) electrons. The summed E-state index contributed by atoms with van der Waals surface area (Å²) >= 11 is 0. The first-order valence-electron chi connectivity index (χ1n) is 7.38. The summed E-state index contributed by atoms with van der Waals surface area (Å²) < 4.78 is 5.46. The third kappa shape index (κ3) is 2.95. The van der Waals surface area contributed by atoms with Crippen LogP contribution in [0.1, 0.15) is 32.0 Å². The number of aromatic nitrogens is 3. The molecule has 1 aliphatic heterocycles. The van der Waals surface area contributed by atoms with Crippen molar-refractivity contribution < 1.29 is 9.53 Å². The molecule has 1 N–H and O–H groups in total. The molecule has 0 fully saturated rings. The van der Waals surface area contributed by atoms with E-state index >= 15 is 0 Å². The quantitative estimate of drug-likeness (QED) is 0.879. The number of hydrogen-bond donors (Lipinski definition) is 1. The van der Waals surface area contributed by atoms with Crippen molar-refractivity contribution in [1.82, 2.24) is 20.1 Å². The average molecular weight is 300 g/mol. The molecule has 0 aliphatic carbocycles. The summed E-state index contributed by atoms with van der Waals surface area (Å²) in [7, 11) is 0. The molecule has 0 spiro atoms. The number of fused-ring (bicyclic) bond motifs is 1. The fourth-order valence-electron chi connectivity index (χ4n) is 2.53. The third-order valence-electron chi connectivity index (χ3n) is 3.54. The fraction of sp³-hybridized carbons (Fsp3) is 0.438. The molecule has 2 aromatic rings. The summed E-state index contributed by atoms with van der Waals surface area (Å²) in [5.74, 6) is 0. The van der Waals surface area contributed by atoms with Crippen LogP contribution in [0.25, 0.3) is 11.3 Å². The number of nitrogens with one attached hydrogen (secondary N) is 1. The molecule has 2 aromatic heterocycles. The molecule has 0 bridgehead atoms.